The number of hydrogen-bond donors (Lipinski definition) is 2. The molecule has 2 fully saturated rings. The summed E-state index contributed by atoms with van der Waals surface area (Å²) >= 11 is 0. The van der Waals surface area contributed by atoms with E-state index in [1.54, 1.807) is 24.3 Å². The molecule has 26 heteroatoms. The van der Waals surface area contributed by atoms with E-state index in [-0.39, 0.29) is 107 Å². The molecule has 0 atom stereocenters. The second-order valence-electron chi connectivity index (χ2n) is 25.6. The standard InChI is InChI=1S/2C34H35FN8O3.B.Na.H/c2*1-34(2,3)23-14-22-18-38-43(33(46)30(22)26(35)15-23)31-25(19-44)24(8-11-36-31)27-16-28(32(45)42(5)40-27)39-29-7-6-21(17-37-29)20-9-12-41(4)13-10-20;;;/h2*6-8,11,14-20H,9-10,12-13H2,1-5H3,(H,37,39);;;/q;;;+1;-1. The number of carbonyl (C=O) groups is 2. The number of aromatic nitrogens is 12. The zero-order valence-corrected chi connectivity index (χ0v) is 56.4. The third-order valence-electron chi connectivity index (χ3n) is 17.1. The van der Waals surface area contributed by atoms with Crippen molar-refractivity contribution in [2.45, 2.75) is 89.9 Å². The van der Waals surface area contributed by atoms with Gasteiger partial charge in [0.05, 0.1) is 45.7 Å². The normalized spacial score (nSPS) is 14.2. The topological polar surface area (TPSA) is 256 Å². The van der Waals surface area contributed by atoms with Crippen molar-refractivity contribution in [3.8, 4) is 34.2 Å². The zero-order chi connectivity index (χ0) is 65.5. The molecule has 0 bridgehead atoms. The molecule has 0 spiro atoms. The Bertz CT molecular complexity index is 4470. The maximum atomic E-state index is 15.3. The minimum atomic E-state index is -0.756. The first-order chi connectivity index (χ1) is 43.9. The smallest absolute Gasteiger partial charge is 1.00 e. The van der Waals surface area contributed by atoms with Crippen LogP contribution in [0.2, 0.25) is 0 Å². The molecule has 22 nitrogen and oxygen atoms in total. The maximum Gasteiger partial charge on any atom is 1.00 e. The summed E-state index contributed by atoms with van der Waals surface area (Å²) in [5.74, 6) is 0.323. The molecule has 2 aromatic carbocycles. The average molecular weight is 1280 g/mol. The van der Waals surface area contributed by atoms with Crippen molar-refractivity contribution in [3.63, 3.8) is 0 Å². The number of aldehydes is 2. The molecule has 0 saturated carbocycles. The number of likely N-dealkylation sites (tertiary alicyclic amines) is 2. The molecule has 94 heavy (non-hydrogen) atoms. The van der Waals surface area contributed by atoms with Gasteiger partial charge in [-0.05, 0) is 172 Å². The summed E-state index contributed by atoms with van der Waals surface area (Å²) in [4.78, 5) is 101. The van der Waals surface area contributed by atoms with Gasteiger partial charge in [-0.2, -0.15) is 29.8 Å². The van der Waals surface area contributed by atoms with Gasteiger partial charge in [-0.1, -0.05) is 53.7 Å². The van der Waals surface area contributed by atoms with E-state index in [2.05, 4.69) is 74.9 Å². The number of anilines is 4. The van der Waals surface area contributed by atoms with Gasteiger partial charge in [0, 0.05) is 69.2 Å². The minimum Gasteiger partial charge on any atom is -1.00 e. The number of pyridine rings is 4. The molecule has 2 aliphatic rings. The number of nitrogens with zero attached hydrogens (tertiary/aromatic N) is 14. The molecule has 8 aromatic heterocycles. The number of benzene rings is 2. The molecule has 0 unspecified atom stereocenters. The number of nitrogens with one attached hydrogen (secondary N) is 2. The quantitative estimate of drug-likeness (QED) is 0.102. The van der Waals surface area contributed by atoms with E-state index in [1.165, 1.54) is 63.1 Å². The molecule has 2 saturated heterocycles. The van der Waals surface area contributed by atoms with E-state index in [9.17, 15) is 28.8 Å². The SMILES string of the molecule is CN1CCC(c2ccc(Nc3cc(-c4ccnc(-n5ncc6cc(C(C)(C)C)cc(F)c6c5=O)c4C=O)nn(C)c3=O)nc2)CC1.CN1CCC(c2ccc(Nc3cc(-c4ccnc(-n5ncc6cc(C(C)(C)C)cc(F)c6c5=O)c4C=O)nn(C)c3=O)nc2)CC1.[B].[H-].[Na+]. The fraction of sp³-hybridized carbons (Fsp3) is 0.324. The van der Waals surface area contributed by atoms with E-state index in [0.29, 0.717) is 57.9 Å². The Morgan fingerprint density at radius 2 is 0.883 bits per heavy atom. The Morgan fingerprint density at radius 1 is 0.511 bits per heavy atom. The van der Waals surface area contributed by atoms with Crippen LogP contribution in [0.1, 0.15) is 123 Å². The maximum absolute atomic E-state index is 15.3. The molecule has 0 aliphatic carbocycles. The van der Waals surface area contributed by atoms with Gasteiger partial charge in [-0.3, -0.25) is 28.8 Å². The first-order valence-electron chi connectivity index (χ1n) is 30.2. The van der Waals surface area contributed by atoms with E-state index in [1.807, 2.05) is 78.2 Å². The van der Waals surface area contributed by atoms with Crippen molar-refractivity contribution in [3.05, 3.63) is 196 Å². The minimum absolute atomic E-state index is 0. The monoisotopic (exact) mass is 1280 g/mol. The first kappa shape index (κ1) is 69.2. The second kappa shape index (κ2) is 28.2. The molecule has 12 rings (SSSR count). The molecule has 10 heterocycles. The molecule has 0 amide bonds. The van der Waals surface area contributed by atoms with Gasteiger partial charge in [-0.25, -0.2) is 38.1 Å². The number of halogens is 2. The number of rotatable bonds is 12. The van der Waals surface area contributed by atoms with Crippen molar-refractivity contribution in [2.75, 3.05) is 50.9 Å². The summed E-state index contributed by atoms with van der Waals surface area (Å²) in [5.41, 5.74) is 2.32. The number of hydrogen-bond acceptors (Lipinski definition) is 18. The molecule has 477 valence electrons. The van der Waals surface area contributed by atoms with Crippen LogP contribution in [0, 0.1) is 11.6 Å². The van der Waals surface area contributed by atoms with Gasteiger partial charge < -0.3 is 21.9 Å². The van der Waals surface area contributed by atoms with E-state index >= 15 is 8.78 Å². The summed E-state index contributed by atoms with van der Waals surface area (Å²) in [6.07, 6.45) is 14.6. The Labute approximate surface area is 565 Å². The fourth-order valence-electron chi connectivity index (χ4n) is 11.6. The zero-order valence-electron chi connectivity index (χ0n) is 55.4. The fourth-order valence-corrected chi connectivity index (χ4v) is 11.6. The van der Waals surface area contributed by atoms with Gasteiger partial charge in [0.25, 0.3) is 22.2 Å². The summed E-state index contributed by atoms with van der Waals surface area (Å²) in [6, 6.07) is 20.1. The van der Waals surface area contributed by atoms with Gasteiger partial charge >= 0.3 is 29.6 Å². The predicted octanol–water partition coefficient (Wildman–Crippen LogP) is 6.21. The summed E-state index contributed by atoms with van der Waals surface area (Å²) in [5, 5.41) is 23.8. The molecule has 2 aliphatic heterocycles. The third kappa shape index (κ3) is 14.3. The largest absolute Gasteiger partial charge is 1.00 e. The first-order valence-corrected chi connectivity index (χ1v) is 30.2. The number of fused-ring (bicyclic) bond motifs is 2. The van der Waals surface area contributed by atoms with Crippen LogP contribution in [0.4, 0.5) is 31.8 Å². The van der Waals surface area contributed by atoms with Crippen LogP contribution in [-0.4, -0.2) is 130 Å². The van der Waals surface area contributed by atoms with E-state index in [0.717, 1.165) is 92.8 Å². The van der Waals surface area contributed by atoms with Crippen LogP contribution in [-0.2, 0) is 24.9 Å². The van der Waals surface area contributed by atoms with Crippen molar-refractivity contribution >= 4 is 65.5 Å². The van der Waals surface area contributed by atoms with E-state index in [4.69, 9.17) is 0 Å². The Hall–Kier alpha value is -9.14. The van der Waals surface area contributed by atoms with Crippen LogP contribution in [0.5, 0.6) is 0 Å². The van der Waals surface area contributed by atoms with Gasteiger partial charge in [0.2, 0.25) is 0 Å². The van der Waals surface area contributed by atoms with Crippen LogP contribution in [0.3, 0.4) is 0 Å². The molecule has 10 aromatic rings. The van der Waals surface area contributed by atoms with Crippen molar-refractivity contribution in [1.82, 2.24) is 68.9 Å². The molecule has 3 radical (unpaired) electrons. The van der Waals surface area contributed by atoms with Gasteiger partial charge in [0.15, 0.2) is 24.2 Å². The van der Waals surface area contributed by atoms with Crippen molar-refractivity contribution < 1.29 is 49.4 Å². The Balaban J connectivity index is 0.000000236. The van der Waals surface area contributed by atoms with Crippen molar-refractivity contribution in [2.24, 2.45) is 14.1 Å². The average Bonchev–Trinajstić information content (AvgIpc) is 0.769. The van der Waals surface area contributed by atoms with Crippen LogP contribution < -0.4 is 62.4 Å². The summed E-state index contributed by atoms with van der Waals surface area (Å²) in [7, 11) is 7.25. The molecule has 2 N–H and O–H groups in total. The molecular weight excluding hydrogens is 1210 g/mol. The Morgan fingerprint density at radius 3 is 1.21 bits per heavy atom. The predicted molar refractivity (Wildman–Crippen MR) is 356 cm³/mol. The number of piperidine rings is 2. The van der Waals surface area contributed by atoms with Crippen LogP contribution in [0.25, 0.3) is 55.7 Å². The number of aryl methyl sites for hydroxylation is 2. The van der Waals surface area contributed by atoms with Crippen molar-refractivity contribution in [1.29, 1.82) is 0 Å². The molecular formula is C68H71BF2N16NaO6. The summed E-state index contributed by atoms with van der Waals surface area (Å²) < 4.78 is 34.7. The number of carbonyl (C=O) groups excluding carboxylic acids is 2. The summed E-state index contributed by atoms with van der Waals surface area (Å²) in [6.45, 7) is 15.9. The Kier molecular flexibility index (Phi) is 20.8. The van der Waals surface area contributed by atoms with Gasteiger partial charge in [-0.15, -0.1) is 0 Å². The second-order valence-corrected chi connectivity index (χ2v) is 25.6. The van der Waals surface area contributed by atoms with Crippen LogP contribution in [0.15, 0.2) is 129 Å². The third-order valence-corrected chi connectivity index (χ3v) is 17.1. The van der Waals surface area contributed by atoms with Gasteiger partial charge in [0.1, 0.15) is 34.6 Å². The van der Waals surface area contributed by atoms with Crippen LogP contribution >= 0.6 is 0 Å². The van der Waals surface area contributed by atoms with E-state index < -0.39 is 33.9 Å².